The van der Waals surface area contributed by atoms with Crippen LogP contribution in [-0.2, 0) is 27.1 Å². The summed E-state index contributed by atoms with van der Waals surface area (Å²) in [5.41, 5.74) is 3.41. The van der Waals surface area contributed by atoms with Crippen LogP contribution < -0.4 is 9.44 Å². The van der Waals surface area contributed by atoms with Gasteiger partial charge in [-0.25, -0.2) is 21.8 Å². The molecule has 2 heterocycles. The number of benzene rings is 1. The van der Waals surface area contributed by atoms with Gasteiger partial charge in [-0.05, 0) is 50.5 Å². The number of nitrogens with one attached hydrogen (secondary N) is 2. The number of hydrogen-bond donors (Lipinski definition) is 2. The van der Waals surface area contributed by atoms with Crippen LogP contribution in [0.5, 0.6) is 0 Å². The van der Waals surface area contributed by atoms with E-state index in [1.165, 1.54) is 6.20 Å². The molecular formula is C18H23N5O4S2. The van der Waals surface area contributed by atoms with Gasteiger partial charge in [-0.15, -0.1) is 0 Å². The van der Waals surface area contributed by atoms with Gasteiger partial charge in [0.25, 0.3) is 10.0 Å². The third kappa shape index (κ3) is 4.06. The van der Waals surface area contributed by atoms with Crippen LogP contribution in [0, 0.1) is 27.7 Å². The van der Waals surface area contributed by atoms with Gasteiger partial charge < -0.3 is 0 Å². The van der Waals surface area contributed by atoms with Crippen molar-refractivity contribution in [1.29, 1.82) is 0 Å². The molecule has 0 saturated carbocycles. The first-order valence-electron chi connectivity index (χ1n) is 8.71. The summed E-state index contributed by atoms with van der Waals surface area (Å²) in [7, 11) is -5.80. The Morgan fingerprint density at radius 2 is 1.62 bits per heavy atom. The molecule has 3 rings (SSSR count). The van der Waals surface area contributed by atoms with E-state index in [9.17, 15) is 16.8 Å². The number of rotatable bonds is 5. The minimum Gasteiger partial charge on any atom is -0.283 e. The quantitative estimate of drug-likeness (QED) is 0.632. The van der Waals surface area contributed by atoms with Gasteiger partial charge in [-0.1, -0.05) is 6.07 Å². The molecule has 29 heavy (non-hydrogen) atoms. The Morgan fingerprint density at radius 1 is 0.966 bits per heavy atom. The third-order valence-electron chi connectivity index (χ3n) is 4.57. The number of sulfonamides is 2. The molecule has 0 radical (unpaired) electrons. The summed E-state index contributed by atoms with van der Waals surface area (Å²) in [5, 5.41) is 5.02. The zero-order valence-electron chi connectivity index (χ0n) is 17.0. The molecule has 9 nitrogen and oxygen atoms in total. The second-order valence-electron chi connectivity index (χ2n) is 7.12. The van der Waals surface area contributed by atoms with Crippen LogP contribution in [0.1, 0.15) is 22.4 Å². The second kappa shape index (κ2) is 6.99. The van der Waals surface area contributed by atoms with Crippen LogP contribution in [0.25, 0.3) is 11.0 Å². The highest BCUT2D eigenvalue weighted by Gasteiger charge is 2.24. The van der Waals surface area contributed by atoms with Crippen LogP contribution in [0.15, 0.2) is 23.2 Å². The molecule has 1 aromatic carbocycles. The maximum atomic E-state index is 13.2. The molecule has 0 amide bonds. The van der Waals surface area contributed by atoms with Crippen molar-refractivity contribution in [2.24, 2.45) is 7.05 Å². The van der Waals surface area contributed by atoms with Gasteiger partial charge in [0, 0.05) is 12.4 Å². The van der Waals surface area contributed by atoms with Crippen molar-refractivity contribution in [2.75, 3.05) is 15.7 Å². The average Bonchev–Trinajstić information content (AvgIpc) is 2.84. The fourth-order valence-corrected chi connectivity index (χ4v) is 5.69. The van der Waals surface area contributed by atoms with Gasteiger partial charge >= 0.3 is 0 Å². The molecule has 0 fully saturated rings. The average molecular weight is 438 g/mol. The lowest BCUT2D eigenvalue weighted by atomic mass is 10.1. The Hall–Kier alpha value is -2.66. The van der Waals surface area contributed by atoms with Gasteiger partial charge in [-0.2, -0.15) is 5.10 Å². The SMILES string of the molecule is Cc1cc(C)c(S(=O)(=O)Nc2cnc3c(c2)c(C)nn3C)c(C)c1NS(C)(=O)=O. The number of pyridine rings is 1. The van der Waals surface area contributed by atoms with Crippen molar-refractivity contribution < 1.29 is 16.8 Å². The lowest BCUT2D eigenvalue weighted by Crippen LogP contribution is -2.19. The zero-order chi connectivity index (χ0) is 21.7. The first-order chi connectivity index (χ1) is 13.3. The zero-order valence-corrected chi connectivity index (χ0v) is 18.7. The van der Waals surface area contributed by atoms with Crippen molar-refractivity contribution in [1.82, 2.24) is 14.8 Å². The molecule has 0 aliphatic carbocycles. The monoisotopic (exact) mass is 437 g/mol. The van der Waals surface area contributed by atoms with Gasteiger partial charge in [-0.3, -0.25) is 14.1 Å². The van der Waals surface area contributed by atoms with E-state index in [0.29, 0.717) is 28.0 Å². The molecule has 0 unspecified atom stereocenters. The maximum absolute atomic E-state index is 13.2. The highest BCUT2D eigenvalue weighted by atomic mass is 32.2. The van der Waals surface area contributed by atoms with E-state index in [0.717, 1.165) is 17.3 Å². The molecule has 0 atom stereocenters. The minimum atomic E-state index is -4.00. The number of hydrogen-bond acceptors (Lipinski definition) is 6. The smallest absolute Gasteiger partial charge is 0.262 e. The van der Waals surface area contributed by atoms with Crippen molar-refractivity contribution >= 4 is 42.5 Å². The molecule has 2 aromatic heterocycles. The molecule has 0 saturated heterocycles. The number of aromatic nitrogens is 3. The van der Waals surface area contributed by atoms with E-state index in [-0.39, 0.29) is 10.6 Å². The summed E-state index contributed by atoms with van der Waals surface area (Å²) >= 11 is 0. The molecular weight excluding hydrogens is 414 g/mol. The first kappa shape index (κ1) is 21.1. The first-order valence-corrected chi connectivity index (χ1v) is 12.1. The predicted molar refractivity (Wildman–Crippen MR) is 113 cm³/mol. The summed E-state index contributed by atoms with van der Waals surface area (Å²) in [4.78, 5) is 4.31. The standard InChI is InChI=1S/C18H23N5O4S2/c1-10-7-11(2)17(12(3)16(10)22-28(6,24)25)29(26,27)21-14-8-15-13(4)20-23(5)18(15)19-9-14/h7-9,21-22H,1-6H3. The van der Waals surface area contributed by atoms with Gasteiger partial charge in [0.1, 0.15) is 0 Å². The summed E-state index contributed by atoms with van der Waals surface area (Å²) < 4.78 is 56.3. The lowest BCUT2D eigenvalue weighted by Gasteiger charge is -2.18. The fourth-order valence-electron chi connectivity index (χ4n) is 3.49. The molecule has 3 aromatic rings. The summed E-state index contributed by atoms with van der Waals surface area (Å²) in [6.07, 6.45) is 2.45. The summed E-state index contributed by atoms with van der Waals surface area (Å²) in [6, 6.07) is 3.32. The maximum Gasteiger partial charge on any atom is 0.262 e. The van der Waals surface area contributed by atoms with E-state index in [4.69, 9.17) is 0 Å². The van der Waals surface area contributed by atoms with Gasteiger partial charge in [0.05, 0.1) is 34.4 Å². The molecule has 0 aliphatic heterocycles. The van der Waals surface area contributed by atoms with Crippen LogP contribution >= 0.6 is 0 Å². The van der Waals surface area contributed by atoms with Crippen LogP contribution in [0.3, 0.4) is 0 Å². The van der Waals surface area contributed by atoms with E-state index < -0.39 is 20.0 Å². The van der Waals surface area contributed by atoms with E-state index in [1.54, 1.807) is 44.6 Å². The summed E-state index contributed by atoms with van der Waals surface area (Å²) in [6.45, 7) is 6.79. The lowest BCUT2D eigenvalue weighted by molar-refractivity contribution is 0.599. The Morgan fingerprint density at radius 3 is 2.24 bits per heavy atom. The molecule has 11 heteroatoms. The Bertz CT molecular complexity index is 1340. The topological polar surface area (TPSA) is 123 Å². The highest BCUT2D eigenvalue weighted by Crippen LogP contribution is 2.32. The number of nitrogens with zero attached hydrogens (tertiary/aromatic N) is 3. The van der Waals surface area contributed by atoms with Crippen molar-refractivity contribution in [2.45, 2.75) is 32.6 Å². The van der Waals surface area contributed by atoms with E-state index in [2.05, 4.69) is 19.5 Å². The number of anilines is 2. The fraction of sp³-hybridized carbons (Fsp3) is 0.333. The molecule has 0 spiro atoms. The van der Waals surface area contributed by atoms with Crippen LogP contribution in [0.2, 0.25) is 0 Å². The van der Waals surface area contributed by atoms with Crippen molar-refractivity contribution in [3.8, 4) is 0 Å². The largest absolute Gasteiger partial charge is 0.283 e. The molecule has 0 bridgehead atoms. The van der Waals surface area contributed by atoms with Gasteiger partial charge in [0.2, 0.25) is 10.0 Å². The number of fused-ring (bicyclic) bond motifs is 1. The Kier molecular flexibility index (Phi) is 5.08. The van der Waals surface area contributed by atoms with E-state index in [1.807, 2.05) is 6.92 Å². The molecule has 156 valence electrons. The minimum absolute atomic E-state index is 0.0252. The van der Waals surface area contributed by atoms with Crippen molar-refractivity contribution in [3.05, 3.63) is 40.7 Å². The van der Waals surface area contributed by atoms with E-state index >= 15 is 0 Å². The predicted octanol–water partition coefficient (Wildman–Crippen LogP) is 2.37. The van der Waals surface area contributed by atoms with Gasteiger partial charge in [0.15, 0.2) is 5.65 Å². The highest BCUT2D eigenvalue weighted by molar-refractivity contribution is 7.93. The third-order valence-corrected chi connectivity index (χ3v) is 6.82. The molecule has 2 N–H and O–H groups in total. The Labute approximate surface area is 170 Å². The normalized spacial score (nSPS) is 12.3. The summed E-state index contributed by atoms with van der Waals surface area (Å²) in [5.74, 6) is 0. The van der Waals surface area contributed by atoms with Crippen molar-refractivity contribution in [3.63, 3.8) is 0 Å². The Balaban J connectivity index is 2.10. The van der Waals surface area contributed by atoms with Crippen LogP contribution in [0.4, 0.5) is 11.4 Å². The molecule has 0 aliphatic rings. The number of aryl methyl sites for hydroxylation is 4. The second-order valence-corrected chi connectivity index (χ2v) is 10.5. The van der Waals surface area contributed by atoms with Crippen LogP contribution in [-0.4, -0.2) is 37.9 Å².